The first-order valence-electron chi connectivity index (χ1n) is 4.43. The number of halogens is 1. The smallest absolute Gasteiger partial charge is 0.125 e. The first-order chi connectivity index (χ1) is 6.65. The van der Waals surface area contributed by atoms with Crippen molar-refractivity contribution in [2.24, 2.45) is 5.73 Å². The molecule has 1 aromatic carbocycles. The van der Waals surface area contributed by atoms with Gasteiger partial charge in [0.05, 0.1) is 6.10 Å². The minimum atomic E-state index is -0.500. The number of benzene rings is 1. The molecule has 0 aliphatic heterocycles. The third-order valence-corrected chi connectivity index (χ3v) is 2.11. The van der Waals surface area contributed by atoms with Crippen molar-refractivity contribution in [3.63, 3.8) is 0 Å². The predicted octanol–water partition coefficient (Wildman–Crippen LogP) is 1.56. The highest BCUT2D eigenvalue weighted by atomic mass is 35.5. The Labute approximate surface area is 88.4 Å². The molecule has 0 fully saturated rings. The minimum Gasteiger partial charge on any atom is -0.491 e. The Morgan fingerprint density at radius 2 is 2.29 bits per heavy atom. The molecule has 0 heterocycles. The molecule has 1 atom stereocenters. The van der Waals surface area contributed by atoms with Crippen LogP contribution in [-0.2, 0) is 6.54 Å². The van der Waals surface area contributed by atoms with Crippen LogP contribution in [-0.4, -0.2) is 17.8 Å². The number of hydrogen-bond acceptors (Lipinski definition) is 3. The van der Waals surface area contributed by atoms with E-state index in [9.17, 15) is 0 Å². The summed E-state index contributed by atoms with van der Waals surface area (Å²) in [6.07, 6.45) is -0.500. The fourth-order valence-corrected chi connectivity index (χ4v) is 1.33. The van der Waals surface area contributed by atoms with Crippen LogP contribution in [0, 0.1) is 0 Å². The monoisotopic (exact) mass is 215 g/mol. The number of nitrogens with two attached hydrogens (primary N) is 1. The van der Waals surface area contributed by atoms with Gasteiger partial charge in [-0.25, -0.2) is 0 Å². The number of aliphatic hydroxyl groups excluding tert-OH is 1. The molecular formula is C10H14ClNO2. The van der Waals surface area contributed by atoms with Gasteiger partial charge in [0.1, 0.15) is 12.4 Å². The van der Waals surface area contributed by atoms with Crippen LogP contribution in [0.1, 0.15) is 12.5 Å². The Balaban J connectivity index is 2.80. The zero-order chi connectivity index (χ0) is 10.6. The second kappa shape index (κ2) is 5.20. The summed E-state index contributed by atoms with van der Waals surface area (Å²) >= 11 is 5.92. The van der Waals surface area contributed by atoms with Crippen LogP contribution >= 0.6 is 11.6 Å². The average molecular weight is 216 g/mol. The van der Waals surface area contributed by atoms with E-state index in [0.717, 1.165) is 5.56 Å². The van der Waals surface area contributed by atoms with Crippen LogP contribution in [0.15, 0.2) is 18.2 Å². The fourth-order valence-electron chi connectivity index (χ4n) is 1.08. The molecule has 0 radical (unpaired) electrons. The average Bonchev–Trinajstić information content (AvgIpc) is 2.14. The van der Waals surface area contributed by atoms with Gasteiger partial charge in [-0.2, -0.15) is 0 Å². The number of aliphatic hydroxyl groups is 1. The lowest BCUT2D eigenvalue weighted by atomic mass is 10.2. The summed E-state index contributed by atoms with van der Waals surface area (Å²) in [7, 11) is 0. The number of ether oxygens (including phenoxy) is 1. The third-order valence-electron chi connectivity index (χ3n) is 1.76. The quantitative estimate of drug-likeness (QED) is 0.802. The lowest BCUT2D eigenvalue weighted by Gasteiger charge is -2.12. The highest BCUT2D eigenvalue weighted by molar-refractivity contribution is 6.31. The summed E-state index contributed by atoms with van der Waals surface area (Å²) < 4.78 is 5.36. The van der Waals surface area contributed by atoms with Crippen molar-refractivity contribution in [2.75, 3.05) is 6.61 Å². The Kier molecular flexibility index (Phi) is 4.20. The fraction of sp³-hybridized carbons (Fsp3) is 0.400. The van der Waals surface area contributed by atoms with E-state index >= 15 is 0 Å². The topological polar surface area (TPSA) is 55.5 Å². The first kappa shape index (κ1) is 11.3. The molecular weight excluding hydrogens is 202 g/mol. The lowest BCUT2D eigenvalue weighted by molar-refractivity contribution is 0.122. The third kappa shape index (κ3) is 2.87. The number of hydrogen-bond donors (Lipinski definition) is 2. The minimum absolute atomic E-state index is 0.243. The second-order valence-corrected chi connectivity index (χ2v) is 3.49. The van der Waals surface area contributed by atoms with E-state index in [4.69, 9.17) is 27.2 Å². The van der Waals surface area contributed by atoms with E-state index in [2.05, 4.69) is 0 Å². The maximum absolute atomic E-state index is 9.06. The predicted molar refractivity (Wildman–Crippen MR) is 56.5 cm³/mol. The molecule has 3 N–H and O–H groups in total. The molecule has 4 heteroatoms. The molecule has 0 amide bonds. The standard InChI is InChI=1S/C10H14ClNO2/c1-7(13)6-14-10-4-2-3-9(11)8(10)5-12/h2-4,7,13H,5-6,12H2,1H3. The van der Waals surface area contributed by atoms with Gasteiger partial charge in [0.25, 0.3) is 0 Å². The molecule has 0 saturated heterocycles. The van der Waals surface area contributed by atoms with Crippen LogP contribution in [0.5, 0.6) is 5.75 Å². The summed E-state index contributed by atoms with van der Waals surface area (Å²) in [6.45, 7) is 2.23. The van der Waals surface area contributed by atoms with Crippen molar-refractivity contribution in [1.29, 1.82) is 0 Å². The van der Waals surface area contributed by atoms with Gasteiger partial charge >= 0.3 is 0 Å². The summed E-state index contributed by atoms with van der Waals surface area (Å²) in [5.41, 5.74) is 6.30. The van der Waals surface area contributed by atoms with Gasteiger partial charge in [-0.15, -0.1) is 0 Å². The molecule has 0 aliphatic carbocycles. The van der Waals surface area contributed by atoms with Gasteiger partial charge in [-0.3, -0.25) is 0 Å². The lowest BCUT2D eigenvalue weighted by Crippen LogP contribution is -2.14. The Morgan fingerprint density at radius 1 is 1.57 bits per heavy atom. The Bertz CT molecular complexity index is 302. The maximum Gasteiger partial charge on any atom is 0.125 e. The molecule has 1 rings (SSSR count). The number of rotatable bonds is 4. The molecule has 0 bridgehead atoms. The largest absolute Gasteiger partial charge is 0.491 e. The van der Waals surface area contributed by atoms with Gasteiger partial charge in [0, 0.05) is 17.1 Å². The summed E-state index contributed by atoms with van der Waals surface area (Å²) in [4.78, 5) is 0. The highest BCUT2D eigenvalue weighted by Gasteiger charge is 2.07. The summed E-state index contributed by atoms with van der Waals surface area (Å²) in [5.74, 6) is 0.640. The van der Waals surface area contributed by atoms with Gasteiger partial charge in [0.15, 0.2) is 0 Å². The summed E-state index contributed by atoms with van der Waals surface area (Å²) in [5, 5.41) is 9.65. The van der Waals surface area contributed by atoms with Crippen molar-refractivity contribution >= 4 is 11.6 Å². The zero-order valence-electron chi connectivity index (χ0n) is 8.03. The molecule has 0 spiro atoms. The van der Waals surface area contributed by atoms with E-state index in [1.165, 1.54) is 0 Å². The van der Waals surface area contributed by atoms with Crippen LogP contribution in [0.3, 0.4) is 0 Å². The van der Waals surface area contributed by atoms with Gasteiger partial charge in [0.2, 0.25) is 0 Å². The molecule has 14 heavy (non-hydrogen) atoms. The van der Waals surface area contributed by atoms with Gasteiger partial charge < -0.3 is 15.6 Å². The van der Waals surface area contributed by atoms with E-state index in [1.54, 1.807) is 25.1 Å². The van der Waals surface area contributed by atoms with Crippen LogP contribution in [0.25, 0.3) is 0 Å². The zero-order valence-corrected chi connectivity index (χ0v) is 8.79. The second-order valence-electron chi connectivity index (χ2n) is 3.08. The van der Waals surface area contributed by atoms with Crippen molar-refractivity contribution in [3.05, 3.63) is 28.8 Å². The maximum atomic E-state index is 9.06. The molecule has 78 valence electrons. The van der Waals surface area contributed by atoms with E-state index in [0.29, 0.717) is 17.3 Å². The SMILES string of the molecule is CC(O)COc1cccc(Cl)c1CN. The van der Waals surface area contributed by atoms with Crippen LogP contribution in [0.4, 0.5) is 0 Å². The summed E-state index contributed by atoms with van der Waals surface area (Å²) in [6, 6.07) is 5.34. The van der Waals surface area contributed by atoms with Crippen molar-refractivity contribution in [3.8, 4) is 5.75 Å². The van der Waals surface area contributed by atoms with E-state index in [-0.39, 0.29) is 6.61 Å². The molecule has 1 unspecified atom stereocenters. The molecule has 0 saturated carbocycles. The Morgan fingerprint density at radius 3 is 2.86 bits per heavy atom. The van der Waals surface area contributed by atoms with Crippen LogP contribution < -0.4 is 10.5 Å². The van der Waals surface area contributed by atoms with Crippen molar-refractivity contribution < 1.29 is 9.84 Å². The van der Waals surface area contributed by atoms with E-state index in [1.807, 2.05) is 0 Å². The molecule has 3 nitrogen and oxygen atoms in total. The highest BCUT2D eigenvalue weighted by Crippen LogP contribution is 2.25. The normalized spacial score (nSPS) is 12.6. The van der Waals surface area contributed by atoms with E-state index < -0.39 is 6.10 Å². The van der Waals surface area contributed by atoms with Gasteiger partial charge in [-0.05, 0) is 19.1 Å². The van der Waals surface area contributed by atoms with Crippen molar-refractivity contribution in [1.82, 2.24) is 0 Å². The van der Waals surface area contributed by atoms with Crippen LogP contribution in [0.2, 0.25) is 5.02 Å². The Hall–Kier alpha value is -0.770. The first-order valence-corrected chi connectivity index (χ1v) is 4.81. The molecule has 0 aliphatic rings. The van der Waals surface area contributed by atoms with Crippen molar-refractivity contribution in [2.45, 2.75) is 19.6 Å². The molecule has 0 aromatic heterocycles. The van der Waals surface area contributed by atoms with Gasteiger partial charge in [-0.1, -0.05) is 17.7 Å². The molecule has 1 aromatic rings.